The molecule has 0 radical (unpaired) electrons. The topological polar surface area (TPSA) is 56.1 Å². The Balaban J connectivity index is 1.52. The van der Waals surface area contributed by atoms with E-state index in [1.54, 1.807) is 23.5 Å². The smallest absolute Gasteiger partial charge is 0.244 e. The van der Waals surface area contributed by atoms with Crippen molar-refractivity contribution >= 4 is 27.9 Å². The van der Waals surface area contributed by atoms with E-state index >= 15 is 0 Å². The highest BCUT2D eigenvalue weighted by atomic mass is 32.1. The van der Waals surface area contributed by atoms with Gasteiger partial charge in [-0.15, -0.1) is 11.3 Å². The SMILES string of the molecule is CCC(C)(C)C1CCc2c(sc(NC(=O)CN3c4ccc(F)cc4CCC3C)c2C#N)C1. The average Bonchev–Trinajstić information content (AvgIpc) is 3.11. The van der Waals surface area contributed by atoms with E-state index in [0.29, 0.717) is 16.5 Å². The molecule has 170 valence electrons. The van der Waals surface area contributed by atoms with Crippen molar-refractivity contribution in [2.24, 2.45) is 11.3 Å². The van der Waals surface area contributed by atoms with Crippen molar-refractivity contribution in [3.05, 3.63) is 45.6 Å². The second kappa shape index (κ2) is 8.86. The van der Waals surface area contributed by atoms with Crippen molar-refractivity contribution in [2.75, 3.05) is 16.8 Å². The van der Waals surface area contributed by atoms with Crippen LogP contribution < -0.4 is 10.2 Å². The summed E-state index contributed by atoms with van der Waals surface area (Å²) in [7, 11) is 0. The summed E-state index contributed by atoms with van der Waals surface area (Å²) in [5, 5.41) is 13.5. The molecule has 2 unspecified atom stereocenters. The Morgan fingerprint density at radius 3 is 2.84 bits per heavy atom. The summed E-state index contributed by atoms with van der Waals surface area (Å²) in [5.41, 5.74) is 3.92. The molecular formula is C26H32FN3OS. The van der Waals surface area contributed by atoms with Crippen LogP contribution >= 0.6 is 11.3 Å². The molecule has 6 heteroatoms. The van der Waals surface area contributed by atoms with Gasteiger partial charge in [0.25, 0.3) is 0 Å². The van der Waals surface area contributed by atoms with E-state index in [-0.39, 0.29) is 29.7 Å². The molecule has 1 aliphatic carbocycles. The molecular weight excluding hydrogens is 421 g/mol. The minimum atomic E-state index is -0.241. The molecule has 0 saturated carbocycles. The van der Waals surface area contributed by atoms with E-state index in [4.69, 9.17) is 0 Å². The number of carbonyl (C=O) groups is 1. The molecule has 2 atom stereocenters. The second-order valence-electron chi connectivity index (χ2n) is 9.94. The minimum Gasteiger partial charge on any atom is -0.359 e. The van der Waals surface area contributed by atoms with Crippen LogP contribution in [0.25, 0.3) is 0 Å². The fraction of sp³-hybridized carbons (Fsp3) is 0.538. The van der Waals surface area contributed by atoms with Gasteiger partial charge in [-0.25, -0.2) is 4.39 Å². The summed E-state index contributed by atoms with van der Waals surface area (Å²) in [6.07, 6.45) is 5.80. The van der Waals surface area contributed by atoms with Crippen LogP contribution in [0.4, 0.5) is 15.1 Å². The number of benzene rings is 1. The number of amides is 1. The molecule has 0 fully saturated rings. The van der Waals surface area contributed by atoms with E-state index in [9.17, 15) is 14.4 Å². The van der Waals surface area contributed by atoms with Gasteiger partial charge in [-0.1, -0.05) is 27.2 Å². The van der Waals surface area contributed by atoms with Gasteiger partial charge in [-0.3, -0.25) is 4.79 Å². The van der Waals surface area contributed by atoms with Crippen molar-refractivity contribution in [3.8, 4) is 6.07 Å². The average molecular weight is 454 g/mol. The van der Waals surface area contributed by atoms with Gasteiger partial charge >= 0.3 is 0 Å². The first-order valence-corrected chi connectivity index (χ1v) is 12.4. The van der Waals surface area contributed by atoms with Crippen LogP contribution in [0.15, 0.2) is 18.2 Å². The third kappa shape index (κ3) is 4.28. The van der Waals surface area contributed by atoms with Crippen LogP contribution in [0, 0.1) is 28.5 Å². The molecule has 4 nitrogen and oxygen atoms in total. The third-order valence-electron chi connectivity index (χ3n) is 7.67. The monoisotopic (exact) mass is 453 g/mol. The molecule has 2 heterocycles. The Kier molecular flexibility index (Phi) is 6.31. The zero-order valence-corrected chi connectivity index (χ0v) is 20.2. The molecule has 4 rings (SSSR count). The zero-order valence-electron chi connectivity index (χ0n) is 19.4. The van der Waals surface area contributed by atoms with Gasteiger partial charge in [0.15, 0.2) is 0 Å². The highest BCUT2D eigenvalue weighted by molar-refractivity contribution is 7.16. The maximum Gasteiger partial charge on any atom is 0.244 e. The molecule has 1 amide bonds. The Hall–Kier alpha value is -2.39. The lowest BCUT2D eigenvalue weighted by Crippen LogP contribution is -2.42. The maximum atomic E-state index is 13.7. The van der Waals surface area contributed by atoms with Crippen molar-refractivity contribution in [1.29, 1.82) is 5.26 Å². The molecule has 1 aromatic heterocycles. The summed E-state index contributed by atoms with van der Waals surface area (Å²) in [5.74, 6) is 0.226. The van der Waals surface area contributed by atoms with Gasteiger partial charge in [-0.05, 0) is 79.7 Å². The highest BCUT2D eigenvalue weighted by Gasteiger charge is 2.34. The van der Waals surface area contributed by atoms with Crippen molar-refractivity contribution < 1.29 is 9.18 Å². The van der Waals surface area contributed by atoms with Crippen LogP contribution in [0.5, 0.6) is 0 Å². The number of hydrogen-bond acceptors (Lipinski definition) is 4. The number of aryl methyl sites for hydroxylation is 1. The molecule has 0 saturated heterocycles. The first kappa shape index (κ1) is 22.8. The number of carbonyl (C=O) groups excluding carboxylic acids is 1. The first-order valence-electron chi connectivity index (χ1n) is 11.6. The molecule has 2 aliphatic rings. The summed E-state index contributed by atoms with van der Waals surface area (Å²) >= 11 is 1.57. The van der Waals surface area contributed by atoms with Crippen molar-refractivity contribution in [3.63, 3.8) is 0 Å². The van der Waals surface area contributed by atoms with Crippen molar-refractivity contribution in [2.45, 2.75) is 72.3 Å². The van der Waals surface area contributed by atoms with E-state index in [1.165, 1.54) is 10.9 Å². The number of fused-ring (bicyclic) bond motifs is 2. The van der Waals surface area contributed by atoms with E-state index < -0.39 is 0 Å². The fourth-order valence-electron chi connectivity index (χ4n) is 5.10. The summed E-state index contributed by atoms with van der Waals surface area (Å²) in [6, 6.07) is 7.35. The standard InChI is InChI=1S/C26H32FN3OS/c1-5-26(3,4)18-8-10-20-21(14-28)25(32-23(20)13-18)29-24(31)15-30-16(2)6-7-17-12-19(27)9-11-22(17)30/h9,11-12,16,18H,5-8,10,13,15H2,1-4H3,(H,29,31). The Bertz CT molecular complexity index is 1070. The molecule has 1 N–H and O–H groups in total. The fourth-order valence-corrected chi connectivity index (χ4v) is 6.40. The lowest BCUT2D eigenvalue weighted by atomic mass is 9.69. The van der Waals surface area contributed by atoms with E-state index in [0.717, 1.165) is 55.3 Å². The van der Waals surface area contributed by atoms with Crippen LogP contribution in [0.3, 0.4) is 0 Å². The second-order valence-corrected chi connectivity index (χ2v) is 11.0. The van der Waals surface area contributed by atoms with Crippen LogP contribution in [0.1, 0.15) is 68.5 Å². The number of anilines is 2. The molecule has 2 aromatic rings. The highest BCUT2D eigenvalue weighted by Crippen LogP contribution is 2.45. The largest absolute Gasteiger partial charge is 0.359 e. The first-order chi connectivity index (χ1) is 15.2. The van der Waals surface area contributed by atoms with Crippen LogP contribution in [-0.2, 0) is 24.1 Å². The normalized spacial score (nSPS) is 20.3. The summed E-state index contributed by atoms with van der Waals surface area (Å²) in [6.45, 7) is 9.18. The van der Waals surface area contributed by atoms with Gasteiger partial charge in [0.2, 0.25) is 5.91 Å². The number of nitrogens with zero attached hydrogens (tertiary/aromatic N) is 2. The lowest BCUT2D eigenvalue weighted by molar-refractivity contribution is -0.115. The molecule has 0 bridgehead atoms. The predicted octanol–water partition coefficient (Wildman–Crippen LogP) is 6.08. The zero-order chi connectivity index (χ0) is 23.0. The number of nitriles is 1. The van der Waals surface area contributed by atoms with Crippen molar-refractivity contribution in [1.82, 2.24) is 0 Å². The number of hydrogen-bond donors (Lipinski definition) is 1. The van der Waals surface area contributed by atoms with Gasteiger partial charge in [0.1, 0.15) is 16.9 Å². The van der Waals surface area contributed by atoms with E-state index in [2.05, 4.69) is 39.1 Å². The molecule has 1 aromatic carbocycles. The lowest BCUT2D eigenvalue weighted by Gasteiger charge is -2.36. The third-order valence-corrected chi connectivity index (χ3v) is 8.84. The van der Waals surface area contributed by atoms with Crippen LogP contribution in [-0.4, -0.2) is 18.5 Å². The quantitative estimate of drug-likeness (QED) is 0.597. The van der Waals surface area contributed by atoms with Gasteiger partial charge in [0, 0.05) is 16.6 Å². The Morgan fingerprint density at radius 2 is 2.12 bits per heavy atom. The number of nitrogens with one attached hydrogen (secondary N) is 1. The summed E-state index contributed by atoms with van der Waals surface area (Å²) < 4.78 is 13.7. The number of thiophene rings is 1. The maximum absolute atomic E-state index is 13.7. The molecule has 0 spiro atoms. The van der Waals surface area contributed by atoms with Crippen LogP contribution in [0.2, 0.25) is 0 Å². The number of halogens is 1. The van der Waals surface area contributed by atoms with Gasteiger partial charge in [0.05, 0.1) is 12.1 Å². The minimum absolute atomic E-state index is 0.130. The Morgan fingerprint density at radius 1 is 1.34 bits per heavy atom. The molecule has 1 aliphatic heterocycles. The van der Waals surface area contributed by atoms with Gasteiger partial charge in [-0.2, -0.15) is 5.26 Å². The predicted molar refractivity (Wildman–Crippen MR) is 129 cm³/mol. The van der Waals surface area contributed by atoms with Gasteiger partial charge < -0.3 is 10.2 Å². The molecule has 32 heavy (non-hydrogen) atoms. The van der Waals surface area contributed by atoms with E-state index in [1.807, 2.05) is 4.90 Å². The summed E-state index contributed by atoms with van der Waals surface area (Å²) in [4.78, 5) is 16.3. The number of rotatable bonds is 5. The Labute approximate surface area is 194 Å².